The van der Waals surface area contributed by atoms with Crippen molar-refractivity contribution in [3.8, 4) is 0 Å². The summed E-state index contributed by atoms with van der Waals surface area (Å²) in [5, 5.41) is 10.7. The normalized spacial score (nSPS) is 12.5. The highest BCUT2D eigenvalue weighted by Crippen LogP contribution is 1.98. The van der Waals surface area contributed by atoms with E-state index in [-0.39, 0.29) is 0 Å². The Morgan fingerprint density at radius 1 is 0.447 bits per heavy atom. The maximum atomic E-state index is 5.83. The molecule has 0 rings (SSSR count). The summed E-state index contributed by atoms with van der Waals surface area (Å²) in [6, 6.07) is 0.500. The van der Waals surface area contributed by atoms with Gasteiger partial charge in [-0.05, 0) is 5.92 Å². The van der Waals surface area contributed by atoms with E-state index in [1.165, 1.54) is 0 Å². The Morgan fingerprint density at radius 3 is 1.29 bits per heavy atom. The minimum absolute atomic E-state index is 0.500. The Kier molecular flexibility index (Phi) is 26.5. The van der Waals surface area contributed by atoms with Crippen LogP contribution in [0.3, 0.4) is 0 Å². The third-order valence-electron chi connectivity index (χ3n) is 6.54. The molecule has 0 atom stereocenters. The number of hydrogen-bond acceptors (Lipinski definition) is 11. The molecule has 0 aromatic heterocycles. The zero-order valence-corrected chi connectivity index (χ0v) is 25.6. The summed E-state index contributed by atoms with van der Waals surface area (Å²) in [6.07, 6.45) is 0. The SMILES string of the molecule is CC(C)CN(CCN)CCNCCN(CCNCCN)CCN(CCNC(C)C)CCN(CCN)CCN. The van der Waals surface area contributed by atoms with Crippen molar-refractivity contribution in [2.24, 2.45) is 28.9 Å². The van der Waals surface area contributed by atoms with E-state index in [9.17, 15) is 0 Å². The van der Waals surface area contributed by atoms with E-state index in [0.717, 1.165) is 118 Å². The van der Waals surface area contributed by atoms with Crippen LogP contribution >= 0.6 is 0 Å². The first kappa shape index (κ1) is 37.6. The molecule has 0 bridgehead atoms. The molecule has 0 aliphatic rings. The van der Waals surface area contributed by atoms with Gasteiger partial charge in [-0.15, -0.1) is 0 Å². The summed E-state index contributed by atoms with van der Waals surface area (Å²) in [7, 11) is 0. The lowest BCUT2D eigenvalue weighted by atomic mass is 10.2. The molecule has 0 spiro atoms. The molecule has 230 valence electrons. The molecule has 0 aromatic rings. The molecular weight excluding hydrogens is 478 g/mol. The van der Waals surface area contributed by atoms with Crippen molar-refractivity contribution < 1.29 is 0 Å². The second-order valence-electron chi connectivity index (χ2n) is 11.0. The van der Waals surface area contributed by atoms with Gasteiger partial charge < -0.3 is 43.8 Å². The van der Waals surface area contributed by atoms with Gasteiger partial charge in [0.2, 0.25) is 0 Å². The van der Waals surface area contributed by atoms with E-state index in [4.69, 9.17) is 22.9 Å². The number of rotatable bonds is 29. The largest absolute Gasteiger partial charge is 0.329 e. The lowest BCUT2D eigenvalue weighted by molar-refractivity contribution is 0.177. The van der Waals surface area contributed by atoms with Crippen LogP contribution in [-0.4, -0.2) is 163 Å². The Bertz CT molecular complexity index is 476. The Hall–Kier alpha value is -0.440. The molecule has 11 N–H and O–H groups in total. The van der Waals surface area contributed by atoms with Gasteiger partial charge in [-0.1, -0.05) is 27.7 Å². The third kappa shape index (κ3) is 23.4. The molecule has 11 heteroatoms. The highest BCUT2D eigenvalue weighted by Gasteiger charge is 2.12. The van der Waals surface area contributed by atoms with Gasteiger partial charge in [0.1, 0.15) is 0 Å². The molecule has 0 amide bonds. The van der Waals surface area contributed by atoms with Crippen molar-refractivity contribution in [1.29, 1.82) is 0 Å². The average molecular weight is 546 g/mol. The average Bonchev–Trinajstić information content (AvgIpc) is 2.86. The predicted octanol–water partition coefficient (Wildman–Crippen LogP) is -2.14. The molecule has 38 heavy (non-hydrogen) atoms. The maximum absolute atomic E-state index is 5.83. The van der Waals surface area contributed by atoms with Crippen LogP contribution in [0, 0.1) is 5.92 Å². The molecule has 0 saturated carbocycles. The van der Waals surface area contributed by atoms with Crippen molar-refractivity contribution in [2.75, 3.05) is 137 Å². The van der Waals surface area contributed by atoms with Crippen molar-refractivity contribution >= 4 is 0 Å². The van der Waals surface area contributed by atoms with Crippen molar-refractivity contribution in [1.82, 2.24) is 35.6 Å². The molecular formula is C27H67N11. The van der Waals surface area contributed by atoms with E-state index in [2.05, 4.69) is 63.2 Å². The summed E-state index contributed by atoms with van der Waals surface area (Å²) in [5.41, 5.74) is 23.1. The summed E-state index contributed by atoms with van der Waals surface area (Å²) < 4.78 is 0. The third-order valence-corrected chi connectivity index (χ3v) is 6.54. The molecule has 0 aromatic carbocycles. The number of nitrogens with zero attached hydrogens (tertiary/aromatic N) is 4. The van der Waals surface area contributed by atoms with E-state index in [1.54, 1.807) is 0 Å². The fourth-order valence-corrected chi connectivity index (χ4v) is 4.51. The molecule has 0 heterocycles. The maximum Gasteiger partial charge on any atom is 0.0110 e. The van der Waals surface area contributed by atoms with Gasteiger partial charge in [-0.3, -0.25) is 14.7 Å². The number of hydrogen-bond donors (Lipinski definition) is 7. The quantitative estimate of drug-likeness (QED) is 0.0516. The van der Waals surface area contributed by atoms with Gasteiger partial charge in [0.25, 0.3) is 0 Å². The molecule has 0 saturated heterocycles. The van der Waals surface area contributed by atoms with Crippen LogP contribution in [0.1, 0.15) is 27.7 Å². The highest BCUT2D eigenvalue weighted by atomic mass is 15.2. The molecule has 0 fully saturated rings. The minimum Gasteiger partial charge on any atom is -0.329 e. The summed E-state index contributed by atoms with van der Waals surface area (Å²) in [5.74, 6) is 0.662. The second kappa shape index (κ2) is 26.8. The van der Waals surface area contributed by atoms with Crippen molar-refractivity contribution in [3.05, 3.63) is 0 Å². The molecule has 0 aliphatic heterocycles. The van der Waals surface area contributed by atoms with E-state index in [1.807, 2.05) is 0 Å². The zero-order valence-electron chi connectivity index (χ0n) is 25.6. The Labute approximate surface area is 235 Å². The summed E-state index contributed by atoms with van der Waals surface area (Å²) in [4.78, 5) is 10.0. The topological polar surface area (TPSA) is 153 Å². The smallest absolute Gasteiger partial charge is 0.0110 e. The van der Waals surface area contributed by atoms with Crippen LogP contribution in [0.25, 0.3) is 0 Å². The van der Waals surface area contributed by atoms with Crippen LogP contribution in [0.2, 0.25) is 0 Å². The number of nitrogens with two attached hydrogens (primary N) is 4. The summed E-state index contributed by atoms with van der Waals surface area (Å²) in [6.45, 7) is 28.7. The van der Waals surface area contributed by atoms with E-state index in [0.29, 0.717) is 31.6 Å². The van der Waals surface area contributed by atoms with Crippen LogP contribution in [0.4, 0.5) is 0 Å². The first-order valence-electron chi connectivity index (χ1n) is 15.2. The molecule has 0 unspecified atom stereocenters. The monoisotopic (exact) mass is 546 g/mol. The Balaban J connectivity index is 4.81. The lowest BCUT2D eigenvalue weighted by Gasteiger charge is -2.30. The predicted molar refractivity (Wildman–Crippen MR) is 166 cm³/mol. The van der Waals surface area contributed by atoms with Crippen LogP contribution in [0.15, 0.2) is 0 Å². The standard InChI is InChI=1S/C27H67N11/c1-26(2)25-38(16-8-31)19-12-33-11-18-36(17-10-32-9-5-28)22-24-37(20-13-34-27(3)4)23-21-35(14-6-29)15-7-30/h26-27,32-34H,5-25,28-31H2,1-4H3. The van der Waals surface area contributed by atoms with Gasteiger partial charge in [-0.25, -0.2) is 0 Å². The van der Waals surface area contributed by atoms with Crippen molar-refractivity contribution in [3.63, 3.8) is 0 Å². The lowest BCUT2D eigenvalue weighted by Crippen LogP contribution is -2.46. The fourth-order valence-electron chi connectivity index (χ4n) is 4.51. The first-order chi connectivity index (χ1) is 18.4. The van der Waals surface area contributed by atoms with Crippen LogP contribution < -0.4 is 38.9 Å². The number of nitrogens with one attached hydrogen (secondary N) is 3. The highest BCUT2D eigenvalue weighted by molar-refractivity contribution is 4.71. The molecule has 11 nitrogen and oxygen atoms in total. The van der Waals surface area contributed by atoms with Gasteiger partial charge in [0.15, 0.2) is 0 Å². The Morgan fingerprint density at radius 2 is 0.842 bits per heavy atom. The second-order valence-corrected chi connectivity index (χ2v) is 11.0. The van der Waals surface area contributed by atoms with E-state index >= 15 is 0 Å². The van der Waals surface area contributed by atoms with Crippen LogP contribution in [-0.2, 0) is 0 Å². The zero-order chi connectivity index (χ0) is 28.4. The van der Waals surface area contributed by atoms with Gasteiger partial charge >= 0.3 is 0 Å². The molecule has 0 radical (unpaired) electrons. The first-order valence-corrected chi connectivity index (χ1v) is 15.2. The molecule has 0 aliphatic carbocycles. The van der Waals surface area contributed by atoms with Gasteiger partial charge in [0, 0.05) is 143 Å². The fraction of sp³-hybridized carbons (Fsp3) is 1.00. The van der Waals surface area contributed by atoms with E-state index < -0.39 is 0 Å². The summed E-state index contributed by atoms with van der Waals surface area (Å²) >= 11 is 0. The van der Waals surface area contributed by atoms with Crippen LogP contribution in [0.5, 0.6) is 0 Å². The van der Waals surface area contributed by atoms with Crippen molar-refractivity contribution in [2.45, 2.75) is 33.7 Å². The van der Waals surface area contributed by atoms with Gasteiger partial charge in [-0.2, -0.15) is 0 Å². The van der Waals surface area contributed by atoms with Gasteiger partial charge in [0.05, 0.1) is 0 Å². The minimum atomic E-state index is 0.500.